The van der Waals surface area contributed by atoms with E-state index in [2.05, 4.69) is 19.2 Å². The van der Waals surface area contributed by atoms with E-state index in [0.717, 1.165) is 29.8 Å². The number of rotatable bonds is 4. The Morgan fingerprint density at radius 2 is 2.24 bits per heavy atom. The average Bonchev–Trinajstić information content (AvgIpc) is 2.64. The smallest absolute Gasteiger partial charge is 0.232 e. The van der Waals surface area contributed by atoms with Gasteiger partial charge in [-0.25, -0.2) is 0 Å². The summed E-state index contributed by atoms with van der Waals surface area (Å²) in [6.45, 7) is 4.29. The number of nitrogens with one attached hydrogen (secondary N) is 1. The normalized spacial score (nSPS) is 19.7. The second-order valence-corrected chi connectivity index (χ2v) is 4.69. The zero-order valence-electron chi connectivity index (χ0n) is 10.6. The van der Waals surface area contributed by atoms with Gasteiger partial charge < -0.3 is 10.1 Å². The Labute approximate surface area is 102 Å². The van der Waals surface area contributed by atoms with Crippen LogP contribution in [0.4, 0.5) is 5.69 Å². The third-order valence-corrected chi connectivity index (χ3v) is 3.45. The molecule has 1 aliphatic rings. The van der Waals surface area contributed by atoms with Gasteiger partial charge in [-0.05, 0) is 36.1 Å². The topological polar surface area (TPSA) is 38.3 Å². The van der Waals surface area contributed by atoms with Gasteiger partial charge in [-0.2, -0.15) is 0 Å². The van der Waals surface area contributed by atoms with Crippen LogP contribution in [0.5, 0.6) is 5.75 Å². The van der Waals surface area contributed by atoms with E-state index in [1.807, 2.05) is 18.2 Å². The highest BCUT2D eigenvalue weighted by Gasteiger charge is 2.34. The van der Waals surface area contributed by atoms with Gasteiger partial charge in [0.2, 0.25) is 5.91 Å². The van der Waals surface area contributed by atoms with E-state index in [0.29, 0.717) is 5.92 Å². The third-order valence-electron chi connectivity index (χ3n) is 3.45. The maximum Gasteiger partial charge on any atom is 0.232 e. The second kappa shape index (κ2) is 4.78. The summed E-state index contributed by atoms with van der Waals surface area (Å²) < 4.78 is 5.22. The van der Waals surface area contributed by atoms with Gasteiger partial charge in [0.15, 0.2) is 0 Å². The van der Waals surface area contributed by atoms with Crippen LogP contribution < -0.4 is 10.1 Å². The fraction of sp³-hybridized carbons (Fsp3) is 0.500. The van der Waals surface area contributed by atoms with Crippen LogP contribution in [0.15, 0.2) is 18.2 Å². The lowest BCUT2D eigenvalue weighted by Crippen LogP contribution is -2.18. The van der Waals surface area contributed by atoms with Gasteiger partial charge in [-0.3, -0.25) is 4.79 Å². The zero-order valence-corrected chi connectivity index (χ0v) is 10.6. The fourth-order valence-corrected chi connectivity index (χ4v) is 2.58. The van der Waals surface area contributed by atoms with Crippen molar-refractivity contribution in [2.24, 2.45) is 5.92 Å². The molecule has 0 saturated heterocycles. The molecule has 1 N–H and O–H groups in total. The lowest BCUT2D eigenvalue weighted by Gasteiger charge is -2.17. The molecule has 1 aromatic rings. The minimum atomic E-state index is -0.0277. The molecule has 17 heavy (non-hydrogen) atoms. The molecule has 0 fully saturated rings. The maximum absolute atomic E-state index is 12.0. The van der Waals surface area contributed by atoms with Gasteiger partial charge in [0, 0.05) is 5.69 Å². The van der Waals surface area contributed by atoms with Crippen molar-refractivity contribution < 1.29 is 9.53 Å². The highest BCUT2D eigenvalue weighted by atomic mass is 16.5. The van der Waals surface area contributed by atoms with Crippen LogP contribution in [-0.2, 0) is 4.79 Å². The molecular weight excluding hydrogens is 214 g/mol. The van der Waals surface area contributed by atoms with Crippen LogP contribution in [0.3, 0.4) is 0 Å². The molecule has 2 atom stereocenters. The molecule has 0 bridgehead atoms. The second-order valence-electron chi connectivity index (χ2n) is 4.69. The highest BCUT2D eigenvalue weighted by Crippen LogP contribution is 2.40. The Kier molecular flexibility index (Phi) is 3.36. The summed E-state index contributed by atoms with van der Waals surface area (Å²) in [6.07, 6.45) is 2.17. The van der Waals surface area contributed by atoms with Crippen molar-refractivity contribution in [3.8, 4) is 5.75 Å². The molecule has 0 saturated carbocycles. The van der Waals surface area contributed by atoms with Gasteiger partial charge >= 0.3 is 0 Å². The first-order valence-electron chi connectivity index (χ1n) is 6.16. The number of carbonyl (C=O) groups excluding carboxylic acids is 1. The van der Waals surface area contributed by atoms with Gasteiger partial charge in [-0.15, -0.1) is 0 Å². The summed E-state index contributed by atoms with van der Waals surface area (Å²) >= 11 is 0. The molecule has 0 spiro atoms. The molecule has 0 radical (unpaired) electrons. The zero-order chi connectivity index (χ0) is 12.4. The third kappa shape index (κ3) is 2.14. The molecule has 3 heteroatoms. The van der Waals surface area contributed by atoms with Crippen molar-refractivity contribution >= 4 is 11.6 Å². The van der Waals surface area contributed by atoms with Crippen molar-refractivity contribution in [3.63, 3.8) is 0 Å². The molecule has 3 nitrogen and oxygen atoms in total. The van der Waals surface area contributed by atoms with E-state index in [1.54, 1.807) is 7.11 Å². The van der Waals surface area contributed by atoms with E-state index in [1.165, 1.54) is 0 Å². The number of benzene rings is 1. The largest absolute Gasteiger partial charge is 0.497 e. The summed E-state index contributed by atoms with van der Waals surface area (Å²) in [5.41, 5.74) is 2.01. The first-order valence-corrected chi connectivity index (χ1v) is 6.16. The predicted molar refractivity (Wildman–Crippen MR) is 68.4 cm³/mol. The van der Waals surface area contributed by atoms with Crippen LogP contribution in [0, 0.1) is 5.92 Å². The van der Waals surface area contributed by atoms with E-state index in [9.17, 15) is 4.79 Å². The van der Waals surface area contributed by atoms with E-state index >= 15 is 0 Å². The van der Waals surface area contributed by atoms with Crippen molar-refractivity contribution in [1.29, 1.82) is 0 Å². The molecule has 2 rings (SSSR count). The Bertz CT molecular complexity index is 428. The van der Waals surface area contributed by atoms with E-state index < -0.39 is 0 Å². The molecule has 1 heterocycles. The van der Waals surface area contributed by atoms with Crippen molar-refractivity contribution in [1.82, 2.24) is 0 Å². The summed E-state index contributed by atoms with van der Waals surface area (Å²) in [7, 11) is 1.65. The van der Waals surface area contributed by atoms with Gasteiger partial charge in [0.05, 0.1) is 13.0 Å². The molecule has 2 unspecified atom stereocenters. The molecule has 92 valence electrons. The Morgan fingerprint density at radius 1 is 1.47 bits per heavy atom. The number of hydrogen-bond donors (Lipinski definition) is 1. The minimum absolute atomic E-state index is 0.0277. The van der Waals surface area contributed by atoms with Crippen LogP contribution in [0.25, 0.3) is 0 Å². The van der Waals surface area contributed by atoms with Gasteiger partial charge in [-0.1, -0.05) is 20.3 Å². The van der Waals surface area contributed by atoms with Crippen LogP contribution >= 0.6 is 0 Å². The number of ether oxygens (including phenoxy) is 1. The van der Waals surface area contributed by atoms with Crippen LogP contribution in [0.1, 0.15) is 38.2 Å². The van der Waals surface area contributed by atoms with E-state index in [-0.39, 0.29) is 11.8 Å². The van der Waals surface area contributed by atoms with Crippen molar-refractivity contribution in [3.05, 3.63) is 23.8 Å². The number of methoxy groups -OCH3 is 1. The minimum Gasteiger partial charge on any atom is -0.497 e. The molecule has 1 aromatic carbocycles. The number of amides is 1. The highest BCUT2D eigenvalue weighted by molar-refractivity contribution is 6.03. The fourth-order valence-electron chi connectivity index (χ4n) is 2.58. The molecular formula is C14H19NO2. The summed E-state index contributed by atoms with van der Waals surface area (Å²) in [5.74, 6) is 1.27. The number of fused-ring (bicyclic) bond motifs is 1. The maximum atomic E-state index is 12.0. The van der Waals surface area contributed by atoms with Crippen molar-refractivity contribution in [2.75, 3.05) is 12.4 Å². The number of carbonyl (C=O) groups is 1. The summed E-state index contributed by atoms with van der Waals surface area (Å²) in [5, 5.41) is 2.94. The first kappa shape index (κ1) is 12.0. The van der Waals surface area contributed by atoms with E-state index in [4.69, 9.17) is 4.74 Å². The SMILES string of the molecule is CCCC(C)C1C(=O)Nc2ccc(OC)cc21. The first-order chi connectivity index (χ1) is 8.17. The lowest BCUT2D eigenvalue weighted by molar-refractivity contribution is -0.118. The molecule has 0 aromatic heterocycles. The van der Waals surface area contributed by atoms with Gasteiger partial charge in [0.1, 0.15) is 5.75 Å². The number of hydrogen-bond acceptors (Lipinski definition) is 2. The summed E-state index contributed by atoms with van der Waals surface area (Å²) in [4.78, 5) is 12.0. The molecule has 1 aliphatic heterocycles. The number of anilines is 1. The monoisotopic (exact) mass is 233 g/mol. The lowest BCUT2D eigenvalue weighted by atomic mass is 9.85. The average molecular weight is 233 g/mol. The predicted octanol–water partition coefficient (Wildman–Crippen LogP) is 3.17. The molecule has 1 amide bonds. The Morgan fingerprint density at radius 3 is 2.88 bits per heavy atom. The van der Waals surface area contributed by atoms with Crippen LogP contribution in [0.2, 0.25) is 0 Å². The summed E-state index contributed by atoms with van der Waals surface area (Å²) in [6, 6.07) is 5.78. The van der Waals surface area contributed by atoms with Crippen molar-refractivity contribution in [2.45, 2.75) is 32.6 Å². The van der Waals surface area contributed by atoms with Gasteiger partial charge in [0.25, 0.3) is 0 Å². The Hall–Kier alpha value is -1.51. The Balaban J connectivity index is 2.34. The van der Waals surface area contributed by atoms with Crippen LogP contribution in [-0.4, -0.2) is 13.0 Å². The molecule has 0 aliphatic carbocycles. The standard InChI is InChI=1S/C14H19NO2/c1-4-5-9(2)13-11-8-10(17-3)6-7-12(11)15-14(13)16/h6-9,13H,4-5H2,1-3H3,(H,15,16). The quantitative estimate of drug-likeness (QED) is 0.867.